The maximum absolute atomic E-state index is 12.6. The lowest BCUT2D eigenvalue weighted by Gasteiger charge is -2.10. The molecule has 32 heavy (non-hydrogen) atoms. The number of benzene rings is 1. The minimum atomic E-state index is -0.154. The van der Waals surface area contributed by atoms with E-state index in [0.717, 1.165) is 28.5 Å². The van der Waals surface area contributed by atoms with Crippen molar-refractivity contribution in [2.24, 2.45) is 7.05 Å². The van der Waals surface area contributed by atoms with Gasteiger partial charge in [0.1, 0.15) is 12.0 Å². The van der Waals surface area contributed by atoms with E-state index in [1.807, 2.05) is 55.8 Å². The molecule has 0 spiro atoms. The lowest BCUT2D eigenvalue weighted by Crippen LogP contribution is -2.23. The largest absolute Gasteiger partial charge is 0.378 e. The summed E-state index contributed by atoms with van der Waals surface area (Å²) in [7, 11) is 1.89. The molecule has 0 bridgehead atoms. The second-order valence-corrected chi connectivity index (χ2v) is 7.42. The fourth-order valence-electron chi connectivity index (χ4n) is 3.17. The van der Waals surface area contributed by atoms with Crippen LogP contribution in [-0.4, -0.2) is 35.6 Å². The van der Waals surface area contributed by atoms with Crippen molar-refractivity contribution >= 4 is 11.6 Å². The van der Waals surface area contributed by atoms with Crippen molar-refractivity contribution in [2.45, 2.75) is 26.9 Å². The van der Waals surface area contributed by atoms with Gasteiger partial charge in [-0.3, -0.25) is 9.78 Å². The Hall–Kier alpha value is -4.14. The Kier molecular flexibility index (Phi) is 6.16. The van der Waals surface area contributed by atoms with Crippen molar-refractivity contribution in [2.75, 3.05) is 5.32 Å². The van der Waals surface area contributed by atoms with E-state index in [1.165, 1.54) is 6.33 Å². The van der Waals surface area contributed by atoms with E-state index >= 15 is 0 Å². The summed E-state index contributed by atoms with van der Waals surface area (Å²) >= 11 is 0. The van der Waals surface area contributed by atoms with Crippen LogP contribution >= 0.6 is 0 Å². The SMILES string of the molecule is Cc1ccc(CNC(=O)c2cccc(NCc3nnc(-c4ccncn4)n3C)c2)nc1C. The predicted octanol–water partition coefficient (Wildman–Crippen LogP) is 2.83. The van der Waals surface area contributed by atoms with Crippen LogP contribution in [0.25, 0.3) is 11.5 Å². The van der Waals surface area contributed by atoms with Gasteiger partial charge in [0.25, 0.3) is 5.91 Å². The van der Waals surface area contributed by atoms with Crippen LogP contribution in [0.2, 0.25) is 0 Å². The lowest BCUT2D eigenvalue weighted by atomic mass is 10.1. The van der Waals surface area contributed by atoms with Gasteiger partial charge in [0.15, 0.2) is 11.6 Å². The molecule has 0 atom stereocenters. The first-order chi connectivity index (χ1) is 15.5. The molecule has 4 rings (SSSR count). The molecule has 9 nitrogen and oxygen atoms in total. The number of nitrogens with zero attached hydrogens (tertiary/aromatic N) is 6. The molecular weight excluding hydrogens is 404 g/mol. The molecule has 0 aliphatic carbocycles. The van der Waals surface area contributed by atoms with E-state index < -0.39 is 0 Å². The van der Waals surface area contributed by atoms with Gasteiger partial charge in [-0.25, -0.2) is 9.97 Å². The van der Waals surface area contributed by atoms with Gasteiger partial charge < -0.3 is 15.2 Å². The Balaban J connectivity index is 1.38. The average Bonchev–Trinajstić information content (AvgIpc) is 3.19. The number of carbonyl (C=O) groups excluding carboxylic acids is 1. The summed E-state index contributed by atoms with van der Waals surface area (Å²) in [4.78, 5) is 25.2. The number of hydrogen-bond acceptors (Lipinski definition) is 7. The minimum absolute atomic E-state index is 0.154. The van der Waals surface area contributed by atoms with Crippen LogP contribution in [0, 0.1) is 13.8 Å². The lowest BCUT2D eigenvalue weighted by molar-refractivity contribution is 0.0950. The first kappa shape index (κ1) is 21.1. The second-order valence-electron chi connectivity index (χ2n) is 7.42. The Morgan fingerprint density at radius 2 is 1.94 bits per heavy atom. The molecule has 0 fully saturated rings. The van der Waals surface area contributed by atoms with Gasteiger partial charge in [-0.1, -0.05) is 12.1 Å². The molecule has 0 saturated carbocycles. The summed E-state index contributed by atoms with van der Waals surface area (Å²) in [5.74, 6) is 1.25. The number of rotatable bonds is 7. The zero-order valence-corrected chi connectivity index (χ0v) is 18.2. The summed E-state index contributed by atoms with van der Waals surface area (Å²) < 4.78 is 1.88. The van der Waals surface area contributed by atoms with Crippen LogP contribution in [0.4, 0.5) is 5.69 Å². The van der Waals surface area contributed by atoms with Gasteiger partial charge in [-0.15, -0.1) is 10.2 Å². The highest BCUT2D eigenvalue weighted by molar-refractivity contribution is 5.95. The van der Waals surface area contributed by atoms with Crippen LogP contribution < -0.4 is 10.6 Å². The van der Waals surface area contributed by atoms with Crippen molar-refractivity contribution in [1.29, 1.82) is 0 Å². The van der Waals surface area contributed by atoms with Crippen molar-refractivity contribution < 1.29 is 4.79 Å². The van der Waals surface area contributed by atoms with Gasteiger partial charge in [0.2, 0.25) is 0 Å². The highest BCUT2D eigenvalue weighted by atomic mass is 16.1. The maximum Gasteiger partial charge on any atom is 0.251 e. The Morgan fingerprint density at radius 1 is 1.06 bits per heavy atom. The van der Waals surface area contributed by atoms with Crippen molar-refractivity contribution in [3.8, 4) is 11.5 Å². The quantitative estimate of drug-likeness (QED) is 0.466. The van der Waals surface area contributed by atoms with Crippen molar-refractivity contribution in [3.63, 3.8) is 0 Å². The third-order valence-electron chi connectivity index (χ3n) is 5.19. The molecule has 3 heterocycles. The Labute approximate surface area is 186 Å². The standard InChI is InChI=1S/C23H24N8O/c1-15-7-8-19(28-16(15)2)12-26-23(32)17-5-4-6-18(11-17)25-13-21-29-30-22(31(21)3)20-9-10-24-14-27-20/h4-11,14,25H,12-13H2,1-3H3,(H,26,32). The fourth-order valence-corrected chi connectivity index (χ4v) is 3.17. The molecule has 2 N–H and O–H groups in total. The van der Waals surface area contributed by atoms with E-state index in [1.54, 1.807) is 18.3 Å². The first-order valence-corrected chi connectivity index (χ1v) is 10.2. The fraction of sp³-hybridized carbons (Fsp3) is 0.217. The minimum Gasteiger partial charge on any atom is -0.378 e. The third kappa shape index (κ3) is 4.77. The zero-order chi connectivity index (χ0) is 22.5. The summed E-state index contributed by atoms with van der Waals surface area (Å²) in [6.45, 7) is 4.80. The molecule has 0 radical (unpaired) electrons. The van der Waals surface area contributed by atoms with Crippen LogP contribution in [0.5, 0.6) is 0 Å². The first-order valence-electron chi connectivity index (χ1n) is 10.2. The number of hydrogen-bond donors (Lipinski definition) is 2. The topological polar surface area (TPSA) is 111 Å². The van der Waals surface area contributed by atoms with Gasteiger partial charge in [0.05, 0.1) is 18.8 Å². The molecule has 1 aromatic carbocycles. The van der Waals surface area contributed by atoms with Crippen LogP contribution in [0.1, 0.15) is 33.1 Å². The van der Waals surface area contributed by atoms with Gasteiger partial charge in [-0.05, 0) is 49.7 Å². The van der Waals surface area contributed by atoms with E-state index in [9.17, 15) is 4.79 Å². The smallest absolute Gasteiger partial charge is 0.251 e. The molecule has 162 valence electrons. The van der Waals surface area contributed by atoms with E-state index in [-0.39, 0.29) is 5.91 Å². The number of pyridine rings is 1. The highest BCUT2D eigenvalue weighted by Crippen LogP contribution is 2.16. The Morgan fingerprint density at radius 3 is 2.72 bits per heavy atom. The number of carbonyl (C=O) groups is 1. The molecule has 0 unspecified atom stereocenters. The predicted molar refractivity (Wildman–Crippen MR) is 121 cm³/mol. The molecular formula is C23H24N8O. The van der Waals surface area contributed by atoms with Crippen molar-refractivity contribution in [3.05, 3.63) is 83.3 Å². The second kappa shape index (κ2) is 9.34. The molecule has 0 aliphatic heterocycles. The van der Waals surface area contributed by atoms with Crippen LogP contribution in [-0.2, 0) is 20.1 Å². The summed E-state index contributed by atoms with van der Waals surface area (Å²) in [6, 6.07) is 13.1. The molecule has 0 aliphatic rings. The highest BCUT2D eigenvalue weighted by Gasteiger charge is 2.12. The van der Waals surface area contributed by atoms with E-state index in [4.69, 9.17) is 0 Å². The van der Waals surface area contributed by atoms with E-state index in [2.05, 4.69) is 35.8 Å². The summed E-state index contributed by atoms with van der Waals surface area (Å²) in [5, 5.41) is 14.7. The number of nitrogens with one attached hydrogen (secondary N) is 2. The number of aryl methyl sites for hydroxylation is 2. The number of aromatic nitrogens is 6. The third-order valence-corrected chi connectivity index (χ3v) is 5.19. The van der Waals surface area contributed by atoms with Gasteiger partial charge >= 0.3 is 0 Å². The normalized spacial score (nSPS) is 10.7. The van der Waals surface area contributed by atoms with Crippen molar-refractivity contribution in [1.82, 2.24) is 35.0 Å². The number of anilines is 1. The summed E-state index contributed by atoms with van der Waals surface area (Å²) in [5.41, 5.74) is 5.02. The monoisotopic (exact) mass is 428 g/mol. The molecule has 3 aromatic heterocycles. The number of amides is 1. The Bertz CT molecular complexity index is 1240. The van der Waals surface area contributed by atoms with Crippen LogP contribution in [0.15, 0.2) is 55.0 Å². The van der Waals surface area contributed by atoms with E-state index in [0.29, 0.717) is 30.2 Å². The van der Waals surface area contributed by atoms with Gasteiger partial charge in [-0.2, -0.15) is 0 Å². The average molecular weight is 429 g/mol. The molecule has 4 aromatic rings. The van der Waals surface area contributed by atoms with Gasteiger partial charge in [0, 0.05) is 30.2 Å². The molecule has 9 heteroatoms. The summed E-state index contributed by atoms with van der Waals surface area (Å²) in [6.07, 6.45) is 3.15. The zero-order valence-electron chi connectivity index (χ0n) is 18.2. The maximum atomic E-state index is 12.6. The molecule has 1 amide bonds. The molecule has 0 saturated heterocycles. The van der Waals surface area contributed by atoms with Crippen LogP contribution in [0.3, 0.4) is 0 Å².